The molecule has 3 rings (SSSR count). The van der Waals surface area contributed by atoms with Gasteiger partial charge in [0.05, 0.1) is 6.54 Å². The molecule has 0 atom stereocenters. The van der Waals surface area contributed by atoms with Gasteiger partial charge < -0.3 is 15.4 Å². The Bertz CT molecular complexity index is 615. The maximum atomic E-state index is 6.53. The van der Waals surface area contributed by atoms with Gasteiger partial charge >= 0.3 is 0 Å². The van der Waals surface area contributed by atoms with Gasteiger partial charge in [-0.25, -0.2) is 0 Å². The Morgan fingerprint density at radius 1 is 1.24 bits per heavy atom. The van der Waals surface area contributed by atoms with Crippen LogP contribution >= 0.6 is 11.6 Å². The van der Waals surface area contributed by atoms with E-state index in [2.05, 4.69) is 41.8 Å². The highest BCUT2D eigenvalue weighted by Crippen LogP contribution is 2.38. The molecular weight excluding hydrogens is 334 g/mol. The van der Waals surface area contributed by atoms with E-state index in [-0.39, 0.29) is 5.41 Å². The minimum Gasteiger partial charge on any atom is -0.381 e. The van der Waals surface area contributed by atoms with Crippen LogP contribution in [0.2, 0.25) is 5.02 Å². The SMILES string of the molecule is CCNC(=NCC1(c2ccccc2Cl)CCOCC1)NC1CC=CC1. The van der Waals surface area contributed by atoms with Gasteiger partial charge in [-0.3, -0.25) is 4.99 Å². The topological polar surface area (TPSA) is 45.7 Å². The van der Waals surface area contributed by atoms with Gasteiger partial charge in [-0.05, 0) is 44.2 Å². The van der Waals surface area contributed by atoms with Gasteiger partial charge in [-0.1, -0.05) is 42.0 Å². The first-order chi connectivity index (χ1) is 12.2. The van der Waals surface area contributed by atoms with Gasteiger partial charge in [0.2, 0.25) is 0 Å². The maximum absolute atomic E-state index is 6.53. The molecule has 1 heterocycles. The van der Waals surface area contributed by atoms with Gasteiger partial charge in [0.25, 0.3) is 0 Å². The summed E-state index contributed by atoms with van der Waals surface area (Å²) in [7, 11) is 0. The number of guanidine groups is 1. The summed E-state index contributed by atoms with van der Waals surface area (Å²) >= 11 is 6.53. The summed E-state index contributed by atoms with van der Waals surface area (Å²) < 4.78 is 5.62. The molecule has 0 unspecified atom stereocenters. The highest BCUT2D eigenvalue weighted by molar-refractivity contribution is 6.31. The van der Waals surface area contributed by atoms with Crippen molar-refractivity contribution in [2.45, 2.75) is 44.1 Å². The number of nitrogens with one attached hydrogen (secondary N) is 2. The quantitative estimate of drug-likeness (QED) is 0.478. The fraction of sp³-hybridized carbons (Fsp3) is 0.550. The predicted molar refractivity (Wildman–Crippen MR) is 104 cm³/mol. The third-order valence-corrected chi connectivity index (χ3v) is 5.46. The Labute approximate surface area is 155 Å². The van der Waals surface area contributed by atoms with E-state index in [1.807, 2.05) is 12.1 Å². The summed E-state index contributed by atoms with van der Waals surface area (Å²) in [6, 6.07) is 8.62. The molecule has 0 radical (unpaired) electrons. The molecule has 0 spiro atoms. The Hall–Kier alpha value is -1.52. The monoisotopic (exact) mass is 361 g/mol. The van der Waals surface area contributed by atoms with Crippen molar-refractivity contribution in [3.05, 3.63) is 47.0 Å². The summed E-state index contributed by atoms with van der Waals surface area (Å²) in [6.07, 6.45) is 8.48. The number of hydrogen-bond donors (Lipinski definition) is 2. The van der Waals surface area contributed by atoms with E-state index in [0.29, 0.717) is 6.04 Å². The number of halogens is 1. The van der Waals surface area contributed by atoms with Crippen LogP contribution in [0.5, 0.6) is 0 Å². The summed E-state index contributed by atoms with van der Waals surface area (Å²) in [5, 5.41) is 7.76. The van der Waals surface area contributed by atoms with Crippen molar-refractivity contribution in [2.24, 2.45) is 4.99 Å². The largest absolute Gasteiger partial charge is 0.381 e. The van der Waals surface area contributed by atoms with Crippen molar-refractivity contribution in [1.29, 1.82) is 0 Å². The van der Waals surface area contributed by atoms with E-state index in [9.17, 15) is 0 Å². The lowest BCUT2D eigenvalue weighted by Crippen LogP contribution is -2.44. The minimum atomic E-state index is -0.0487. The Kier molecular flexibility index (Phi) is 6.38. The van der Waals surface area contributed by atoms with Crippen molar-refractivity contribution in [2.75, 3.05) is 26.3 Å². The predicted octanol–water partition coefficient (Wildman–Crippen LogP) is 3.66. The molecule has 0 saturated carbocycles. The van der Waals surface area contributed by atoms with Crippen LogP contribution in [0.3, 0.4) is 0 Å². The zero-order valence-corrected chi connectivity index (χ0v) is 15.7. The summed E-state index contributed by atoms with van der Waals surface area (Å²) in [4.78, 5) is 4.94. The summed E-state index contributed by atoms with van der Waals surface area (Å²) in [5.41, 5.74) is 1.15. The molecule has 1 aromatic carbocycles. The minimum absolute atomic E-state index is 0.0487. The normalized spacial score (nSPS) is 20.6. The number of hydrogen-bond acceptors (Lipinski definition) is 2. The second-order valence-corrected chi connectivity index (χ2v) is 7.26. The van der Waals surface area contributed by atoms with Crippen LogP contribution in [0.4, 0.5) is 0 Å². The van der Waals surface area contributed by atoms with E-state index < -0.39 is 0 Å². The molecule has 136 valence electrons. The molecule has 1 aliphatic carbocycles. The van der Waals surface area contributed by atoms with Gasteiger partial charge in [0, 0.05) is 36.2 Å². The lowest BCUT2D eigenvalue weighted by molar-refractivity contribution is 0.0531. The van der Waals surface area contributed by atoms with Crippen molar-refractivity contribution >= 4 is 17.6 Å². The number of ether oxygens (including phenoxy) is 1. The van der Waals surface area contributed by atoms with Gasteiger partial charge in [-0.15, -0.1) is 0 Å². The molecule has 1 aromatic rings. The molecule has 0 amide bonds. The van der Waals surface area contributed by atoms with E-state index in [1.165, 1.54) is 5.56 Å². The molecule has 5 heteroatoms. The smallest absolute Gasteiger partial charge is 0.191 e. The second kappa shape index (κ2) is 8.72. The zero-order chi connectivity index (χ0) is 17.5. The van der Waals surface area contributed by atoms with Crippen LogP contribution in [0.25, 0.3) is 0 Å². The van der Waals surface area contributed by atoms with E-state index in [0.717, 1.165) is 63.0 Å². The summed E-state index contributed by atoms with van der Waals surface area (Å²) in [5.74, 6) is 0.897. The van der Waals surface area contributed by atoms with Crippen LogP contribution in [0, 0.1) is 0 Å². The van der Waals surface area contributed by atoms with Crippen LogP contribution in [-0.2, 0) is 10.2 Å². The number of benzene rings is 1. The molecule has 2 aliphatic rings. The van der Waals surface area contributed by atoms with Gasteiger partial charge in [0.15, 0.2) is 5.96 Å². The number of nitrogens with zero attached hydrogens (tertiary/aromatic N) is 1. The fourth-order valence-corrected chi connectivity index (χ4v) is 3.98. The van der Waals surface area contributed by atoms with Gasteiger partial charge in [-0.2, -0.15) is 0 Å². The van der Waals surface area contributed by atoms with E-state index >= 15 is 0 Å². The second-order valence-electron chi connectivity index (χ2n) is 6.85. The highest BCUT2D eigenvalue weighted by atomic mass is 35.5. The molecule has 1 aliphatic heterocycles. The van der Waals surface area contributed by atoms with Crippen molar-refractivity contribution in [1.82, 2.24) is 10.6 Å². The van der Waals surface area contributed by atoms with Crippen LogP contribution in [0.1, 0.15) is 38.2 Å². The highest BCUT2D eigenvalue weighted by Gasteiger charge is 2.36. The molecule has 1 saturated heterocycles. The van der Waals surface area contributed by atoms with Crippen LogP contribution in [-0.4, -0.2) is 38.3 Å². The standard InChI is InChI=1S/C20H28ClN3O/c1-2-22-19(24-16-7-3-4-8-16)23-15-20(11-13-25-14-12-20)17-9-5-6-10-18(17)21/h3-6,9-10,16H,2,7-8,11-15H2,1H3,(H2,22,23,24). The third-order valence-electron chi connectivity index (χ3n) is 5.13. The van der Waals surface area contributed by atoms with Crippen molar-refractivity contribution < 1.29 is 4.74 Å². The zero-order valence-electron chi connectivity index (χ0n) is 14.9. The first-order valence-corrected chi connectivity index (χ1v) is 9.64. The lowest BCUT2D eigenvalue weighted by Gasteiger charge is -2.37. The number of rotatable bonds is 5. The molecule has 1 fully saturated rings. The lowest BCUT2D eigenvalue weighted by atomic mass is 9.74. The first-order valence-electron chi connectivity index (χ1n) is 9.26. The average Bonchev–Trinajstić information content (AvgIpc) is 3.14. The molecule has 2 N–H and O–H groups in total. The molecule has 25 heavy (non-hydrogen) atoms. The average molecular weight is 362 g/mol. The van der Waals surface area contributed by atoms with E-state index in [4.69, 9.17) is 21.3 Å². The molecular formula is C20H28ClN3O. The Balaban J connectivity index is 1.79. The Morgan fingerprint density at radius 3 is 2.64 bits per heavy atom. The van der Waals surface area contributed by atoms with Crippen LogP contribution < -0.4 is 10.6 Å². The summed E-state index contributed by atoms with van der Waals surface area (Å²) in [6.45, 7) is 5.20. The van der Waals surface area contributed by atoms with Crippen LogP contribution in [0.15, 0.2) is 41.4 Å². The molecule has 4 nitrogen and oxygen atoms in total. The maximum Gasteiger partial charge on any atom is 0.191 e. The number of aliphatic imine (C=N–C) groups is 1. The fourth-order valence-electron chi connectivity index (χ4n) is 3.64. The van der Waals surface area contributed by atoms with E-state index in [1.54, 1.807) is 0 Å². The van der Waals surface area contributed by atoms with Crippen molar-refractivity contribution in [3.8, 4) is 0 Å². The third kappa shape index (κ3) is 4.56. The molecule has 0 bridgehead atoms. The Morgan fingerprint density at radius 2 is 1.96 bits per heavy atom. The van der Waals surface area contributed by atoms with Crippen molar-refractivity contribution in [3.63, 3.8) is 0 Å². The molecule has 0 aromatic heterocycles. The van der Waals surface area contributed by atoms with Gasteiger partial charge in [0.1, 0.15) is 0 Å². The first kappa shape index (κ1) is 18.3.